The number of hydrogen-bond acceptors (Lipinski definition) is 5. The molecule has 2 heterocycles. The van der Waals surface area contributed by atoms with E-state index in [0.29, 0.717) is 6.20 Å². The first-order chi connectivity index (χ1) is 15.2. The Morgan fingerprint density at radius 3 is 2.39 bits per heavy atom. The van der Waals surface area contributed by atoms with Gasteiger partial charge in [-0.25, -0.2) is 18.6 Å². The van der Waals surface area contributed by atoms with E-state index in [-0.39, 0.29) is 29.9 Å². The third kappa shape index (κ3) is 5.93. The van der Waals surface area contributed by atoms with Gasteiger partial charge < -0.3 is 10.1 Å². The van der Waals surface area contributed by atoms with E-state index >= 15 is 0 Å². The molecule has 33 heavy (non-hydrogen) atoms. The summed E-state index contributed by atoms with van der Waals surface area (Å²) in [5.74, 6) is -1.72. The predicted octanol–water partition coefficient (Wildman–Crippen LogP) is 4.59. The number of aromatic nitrogens is 2. The lowest BCUT2D eigenvalue weighted by atomic mass is 10.1. The van der Waals surface area contributed by atoms with Crippen LogP contribution in [0.25, 0.3) is 11.3 Å². The molecule has 12 heteroatoms. The molecule has 0 aliphatic carbocycles. The molecule has 0 unspecified atom stereocenters. The fourth-order valence-corrected chi connectivity index (χ4v) is 3.24. The van der Waals surface area contributed by atoms with Crippen molar-refractivity contribution in [3.63, 3.8) is 0 Å². The molecule has 0 radical (unpaired) electrons. The van der Waals surface area contributed by atoms with Crippen molar-refractivity contribution < 1.29 is 36.3 Å². The van der Waals surface area contributed by atoms with Crippen molar-refractivity contribution in [1.29, 1.82) is 0 Å². The highest BCUT2D eigenvalue weighted by Crippen LogP contribution is 2.29. The number of hydrogen-bond donors (Lipinski definition) is 1. The van der Waals surface area contributed by atoms with Gasteiger partial charge in [0, 0.05) is 17.8 Å². The van der Waals surface area contributed by atoms with Crippen LogP contribution >= 0.6 is 0 Å². The molecule has 1 aliphatic heterocycles. The average Bonchev–Trinajstić information content (AvgIpc) is 3.07. The Hall–Kier alpha value is -3.31. The Kier molecular flexibility index (Phi) is 6.57. The third-order valence-corrected chi connectivity index (χ3v) is 4.62. The number of nitrogens with zero attached hydrogens (tertiary/aromatic N) is 3. The van der Waals surface area contributed by atoms with E-state index in [1.54, 1.807) is 20.8 Å². The van der Waals surface area contributed by atoms with Gasteiger partial charge >= 0.3 is 12.3 Å². The SMILES string of the molecule is CC(C)(C)OC(=O)N1CC[C@H](F)[C@H]1C(=O)Nc1cc(F)cc(-c2cnc(C(F)(F)F)cn2)c1. The molecule has 0 saturated carbocycles. The first-order valence-electron chi connectivity index (χ1n) is 9.89. The normalized spacial score (nSPS) is 18.8. The lowest BCUT2D eigenvalue weighted by Gasteiger charge is -2.28. The molecule has 1 aromatic heterocycles. The molecule has 178 valence electrons. The van der Waals surface area contributed by atoms with E-state index in [2.05, 4.69) is 15.3 Å². The molecule has 3 rings (SSSR count). The zero-order chi connectivity index (χ0) is 24.6. The minimum absolute atomic E-state index is 0.0380. The van der Waals surface area contributed by atoms with Crippen LogP contribution in [0.1, 0.15) is 32.9 Å². The van der Waals surface area contributed by atoms with Crippen LogP contribution in [-0.2, 0) is 15.7 Å². The van der Waals surface area contributed by atoms with Gasteiger partial charge in [0.1, 0.15) is 23.6 Å². The van der Waals surface area contributed by atoms with Gasteiger partial charge in [-0.05, 0) is 45.4 Å². The third-order valence-electron chi connectivity index (χ3n) is 4.62. The minimum Gasteiger partial charge on any atom is -0.444 e. The summed E-state index contributed by atoms with van der Waals surface area (Å²) in [7, 11) is 0. The van der Waals surface area contributed by atoms with Crippen molar-refractivity contribution in [3.8, 4) is 11.3 Å². The maximum Gasteiger partial charge on any atom is 0.434 e. The summed E-state index contributed by atoms with van der Waals surface area (Å²) in [6, 6.07) is 1.70. The van der Waals surface area contributed by atoms with E-state index in [0.717, 1.165) is 23.2 Å². The van der Waals surface area contributed by atoms with Gasteiger partial charge in [0.25, 0.3) is 0 Å². The highest BCUT2D eigenvalue weighted by molar-refractivity contribution is 5.97. The van der Waals surface area contributed by atoms with Gasteiger partial charge in [0.2, 0.25) is 5.91 Å². The van der Waals surface area contributed by atoms with Crippen LogP contribution in [0.5, 0.6) is 0 Å². The Morgan fingerprint density at radius 1 is 1.12 bits per heavy atom. The van der Waals surface area contributed by atoms with E-state index in [1.165, 1.54) is 6.07 Å². The minimum atomic E-state index is -4.68. The second-order valence-electron chi connectivity index (χ2n) is 8.43. The summed E-state index contributed by atoms with van der Waals surface area (Å²) in [6.45, 7) is 4.84. The van der Waals surface area contributed by atoms with Crippen molar-refractivity contribution in [2.45, 2.75) is 51.2 Å². The standard InChI is InChI=1S/C21H21F5N4O3/c1-20(2,3)33-19(32)30-5-4-14(23)17(30)18(31)29-13-7-11(6-12(22)8-13)15-9-28-16(10-27-15)21(24,25)26/h6-10,14,17H,4-5H2,1-3H3,(H,29,31)/t14-,17-/m0/s1. The van der Waals surface area contributed by atoms with Crippen molar-refractivity contribution in [2.75, 3.05) is 11.9 Å². The summed E-state index contributed by atoms with van der Waals surface area (Å²) in [4.78, 5) is 33.0. The molecule has 7 nitrogen and oxygen atoms in total. The molecule has 1 aromatic carbocycles. The maximum absolute atomic E-state index is 14.4. The Bertz CT molecular complexity index is 1040. The van der Waals surface area contributed by atoms with Gasteiger partial charge in [-0.3, -0.25) is 14.7 Å². The van der Waals surface area contributed by atoms with Gasteiger partial charge in [-0.1, -0.05) is 0 Å². The van der Waals surface area contributed by atoms with Crippen LogP contribution in [0.3, 0.4) is 0 Å². The second-order valence-corrected chi connectivity index (χ2v) is 8.43. The summed E-state index contributed by atoms with van der Waals surface area (Å²) >= 11 is 0. The molecule has 1 saturated heterocycles. The first-order valence-corrected chi connectivity index (χ1v) is 9.89. The lowest BCUT2D eigenvalue weighted by Crippen LogP contribution is -2.48. The van der Waals surface area contributed by atoms with Crippen molar-refractivity contribution in [2.24, 2.45) is 0 Å². The Morgan fingerprint density at radius 2 is 1.82 bits per heavy atom. The number of alkyl halides is 4. The fourth-order valence-electron chi connectivity index (χ4n) is 3.24. The first kappa shape index (κ1) is 24.3. The number of carbonyl (C=O) groups excluding carboxylic acids is 2. The smallest absolute Gasteiger partial charge is 0.434 e. The van der Waals surface area contributed by atoms with Crippen molar-refractivity contribution in [3.05, 3.63) is 42.1 Å². The number of nitrogens with one attached hydrogen (secondary N) is 1. The number of benzene rings is 1. The summed E-state index contributed by atoms with van der Waals surface area (Å²) in [5, 5.41) is 2.35. The summed E-state index contributed by atoms with van der Waals surface area (Å²) in [5.41, 5.74) is -2.20. The van der Waals surface area contributed by atoms with Gasteiger partial charge in [0.15, 0.2) is 5.69 Å². The van der Waals surface area contributed by atoms with Crippen molar-refractivity contribution >= 4 is 17.7 Å². The Labute approximate surface area is 186 Å². The second kappa shape index (κ2) is 8.91. The molecule has 1 aliphatic rings. The molecule has 2 amide bonds. The molecule has 0 spiro atoms. The van der Waals surface area contributed by atoms with E-state index in [1.807, 2.05) is 0 Å². The number of rotatable bonds is 3. The van der Waals surface area contributed by atoms with Crippen LogP contribution in [0.2, 0.25) is 0 Å². The van der Waals surface area contributed by atoms with Crippen LogP contribution < -0.4 is 5.32 Å². The number of halogens is 5. The quantitative estimate of drug-likeness (QED) is 0.661. The summed E-state index contributed by atoms with van der Waals surface area (Å²) < 4.78 is 71.8. The highest BCUT2D eigenvalue weighted by atomic mass is 19.4. The van der Waals surface area contributed by atoms with E-state index < -0.39 is 47.5 Å². The zero-order valence-electron chi connectivity index (χ0n) is 17.9. The van der Waals surface area contributed by atoms with Gasteiger partial charge in [0.05, 0.1) is 18.1 Å². The fraction of sp³-hybridized carbons (Fsp3) is 0.429. The average molecular weight is 472 g/mol. The number of anilines is 1. The topological polar surface area (TPSA) is 84.4 Å². The monoisotopic (exact) mass is 472 g/mol. The Balaban J connectivity index is 1.81. The largest absolute Gasteiger partial charge is 0.444 e. The van der Waals surface area contributed by atoms with Gasteiger partial charge in [-0.2, -0.15) is 13.2 Å². The van der Waals surface area contributed by atoms with Gasteiger partial charge in [-0.15, -0.1) is 0 Å². The molecule has 1 N–H and O–H groups in total. The molecule has 0 bridgehead atoms. The lowest BCUT2D eigenvalue weighted by molar-refractivity contribution is -0.141. The molecule has 2 aromatic rings. The van der Waals surface area contributed by atoms with E-state index in [4.69, 9.17) is 4.74 Å². The number of likely N-dealkylation sites (tertiary alicyclic amines) is 1. The highest BCUT2D eigenvalue weighted by Gasteiger charge is 2.44. The molecule has 1 fully saturated rings. The molecule has 2 atom stereocenters. The van der Waals surface area contributed by atoms with Crippen molar-refractivity contribution in [1.82, 2.24) is 14.9 Å². The summed E-state index contributed by atoms with van der Waals surface area (Å²) in [6.07, 6.45) is -5.95. The van der Waals surface area contributed by atoms with Crippen LogP contribution in [0, 0.1) is 5.82 Å². The van der Waals surface area contributed by atoms with Crippen LogP contribution in [-0.4, -0.2) is 51.2 Å². The number of ether oxygens (including phenoxy) is 1. The molecular weight excluding hydrogens is 451 g/mol. The molecular formula is C21H21F5N4O3. The maximum atomic E-state index is 14.4. The predicted molar refractivity (Wildman–Crippen MR) is 107 cm³/mol. The van der Waals surface area contributed by atoms with Crippen LogP contribution in [0.4, 0.5) is 32.4 Å². The van der Waals surface area contributed by atoms with E-state index in [9.17, 15) is 31.5 Å². The number of carbonyl (C=O) groups is 2. The number of amides is 2. The zero-order valence-corrected chi connectivity index (χ0v) is 17.9. The van der Waals surface area contributed by atoms with Crippen LogP contribution in [0.15, 0.2) is 30.6 Å².